The zero-order valence-corrected chi connectivity index (χ0v) is 17.7. The molecule has 2 unspecified atom stereocenters. The van der Waals surface area contributed by atoms with Gasteiger partial charge in [-0.3, -0.25) is 9.59 Å². The number of likely N-dealkylation sites (tertiary alicyclic amines) is 1. The number of carbonyl (C=O) groups excluding carboxylic acids is 2. The molecule has 0 bridgehead atoms. The Balaban J connectivity index is 1.41. The minimum atomic E-state index is -0.241. The van der Waals surface area contributed by atoms with Gasteiger partial charge in [0.25, 0.3) is 0 Å². The smallest absolute Gasteiger partial charge is 0.227 e. The van der Waals surface area contributed by atoms with E-state index in [0.29, 0.717) is 25.6 Å². The van der Waals surface area contributed by atoms with Gasteiger partial charge >= 0.3 is 0 Å². The maximum Gasteiger partial charge on any atom is 0.227 e. The van der Waals surface area contributed by atoms with Crippen molar-refractivity contribution in [2.75, 3.05) is 31.1 Å². The van der Waals surface area contributed by atoms with Gasteiger partial charge in [0.1, 0.15) is 0 Å². The van der Waals surface area contributed by atoms with Gasteiger partial charge in [0.15, 0.2) is 0 Å². The highest BCUT2D eigenvalue weighted by Gasteiger charge is 2.35. The summed E-state index contributed by atoms with van der Waals surface area (Å²) in [5.41, 5.74) is 3.22. The standard InChI is InChI=1S/C23H35N3O2/c1-17-9-8-11-21(19(17)3)26-16-20(15-22(26)27)23(28)24-12-5-7-14-25-13-6-4-10-18(25)2/h8-9,11,18,20H,4-7,10,12-16H2,1-3H3,(H,24,28). The normalized spacial score (nSPS) is 23.2. The second-order valence-corrected chi connectivity index (χ2v) is 8.50. The number of amides is 2. The Morgan fingerprint density at radius 1 is 1.21 bits per heavy atom. The first kappa shape index (κ1) is 20.8. The SMILES string of the molecule is Cc1cccc(N2CC(C(=O)NCCCCN3CCCCC3C)CC2=O)c1C. The second-order valence-electron chi connectivity index (χ2n) is 8.50. The molecule has 2 fully saturated rings. The summed E-state index contributed by atoms with van der Waals surface area (Å²) in [6, 6.07) is 6.70. The summed E-state index contributed by atoms with van der Waals surface area (Å²) < 4.78 is 0. The molecule has 2 atom stereocenters. The van der Waals surface area contributed by atoms with E-state index in [1.165, 1.54) is 31.4 Å². The number of benzene rings is 1. The van der Waals surface area contributed by atoms with E-state index in [0.717, 1.165) is 30.6 Å². The molecule has 2 saturated heterocycles. The molecule has 2 aliphatic heterocycles. The lowest BCUT2D eigenvalue weighted by Crippen LogP contribution is -2.38. The van der Waals surface area contributed by atoms with E-state index >= 15 is 0 Å². The van der Waals surface area contributed by atoms with Crippen molar-refractivity contribution in [2.24, 2.45) is 5.92 Å². The van der Waals surface area contributed by atoms with Gasteiger partial charge in [-0.25, -0.2) is 0 Å². The maximum atomic E-state index is 12.5. The average molecular weight is 386 g/mol. The number of unbranched alkanes of at least 4 members (excludes halogenated alkanes) is 1. The summed E-state index contributed by atoms with van der Waals surface area (Å²) >= 11 is 0. The van der Waals surface area contributed by atoms with E-state index in [9.17, 15) is 9.59 Å². The van der Waals surface area contributed by atoms with Crippen LogP contribution in [0.3, 0.4) is 0 Å². The van der Waals surface area contributed by atoms with Crippen molar-refractivity contribution < 1.29 is 9.59 Å². The summed E-state index contributed by atoms with van der Waals surface area (Å²) in [7, 11) is 0. The summed E-state index contributed by atoms with van der Waals surface area (Å²) in [5.74, 6) is -0.171. The maximum absolute atomic E-state index is 12.5. The second kappa shape index (κ2) is 9.55. The number of anilines is 1. The Kier molecular flexibility index (Phi) is 7.11. The quantitative estimate of drug-likeness (QED) is 0.732. The monoisotopic (exact) mass is 385 g/mol. The highest BCUT2D eigenvalue weighted by molar-refractivity contribution is 6.00. The number of nitrogens with one attached hydrogen (secondary N) is 1. The molecule has 154 valence electrons. The fourth-order valence-electron chi connectivity index (χ4n) is 4.43. The van der Waals surface area contributed by atoms with Crippen molar-refractivity contribution in [1.82, 2.24) is 10.2 Å². The molecule has 28 heavy (non-hydrogen) atoms. The van der Waals surface area contributed by atoms with Crippen LogP contribution in [-0.4, -0.2) is 48.9 Å². The summed E-state index contributed by atoms with van der Waals surface area (Å²) in [6.45, 7) is 9.93. The van der Waals surface area contributed by atoms with Crippen LogP contribution in [0.15, 0.2) is 18.2 Å². The molecule has 0 aromatic heterocycles. The van der Waals surface area contributed by atoms with E-state index in [1.54, 1.807) is 4.90 Å². The van der Waals surface area contributed by atoms with Crippen molar-refractivity contribution >= 4 is 17.5 Å². The largest absolute Gasteiger partial charge is 0.356 e. The third-order valence-corrected chi connectivity index (χ3v) is 6.47. The van der Waals surface area contributed by atoms with Crippen LogP contribution in [-0.2, 0) is 9.59 Å². The number of hydrogen-bond donors (Lipinski definition) is 1. The van der Waals surface area contributed by atoms with Crippen molar-refractivity contribution in [1.29, 1.82) is 0 Å². The van der Waals surface area contributed by atoms with Crippen LogP contribution in [0, 0.1) is 19.8 Å². The van der Waals surface area contributed by atoms with Crippen molar-refractivity contribution in [3.63, 3.8) is 0 Å². The number of piperidine rings is 1. The zero-order chi connectivity index (χ0) is 20.1. The third kappa shape index (κ3) is 4.93. The molecule has 0 radical (unpaired) electrons. The van der Waals surface area contributed by atoms with Gasteiger partial charge in [-0.2, -0.15) is 0 Å². The van der Waals surface area contributed by atoms with Crippen LogP contribution in [0.25, 0.3) is 0 Å². The predicted molar refractivity (Wildman–Crippen MR) is 114 cm³/mol. The van der Waals surface area contributed by atoms with E-state index in [4.69, 9.17) is 0 Å². The fourth-order valence-corrected chi connectivity index (χ4v) is 4.43. The lowest BCUT2D eigenvalue weighted by Gasteiger charge is -2.33. The average Bonchev–Trinajstić information content (AvgIpc) is 3.06. The first-order valence-electron chi connectivity index (χ1n) is 10.9. The first-order chi connectivity index (χ1) is 13.5. The van der Waals surface area contributed by atoms with Crippen molar-refractivity contribution in [3.8, 4) is 0 Å². The number of hydrogen-bond acceptors (Lipinski definition) is 3. The molecule has 0 aliphatic carbocycles. The number of rotatable bonds is 7. The van der Waals surface area contributed by atoms with Crippen LogP contribution >= 0.6 is 0 Å². The van der Waals surface area contributed by atoms with Gasteiger partial charge in [0.2, 0.25) is 11.8 Å². The first-order valence-corrected chi connectivity index (χ1v) is 10.9. The van der Waals surface area contributed by atoms with Crippen LogP contribution in [0.5, 0.6) is 0 Å². The minimum absolute atomic E-state index is 0.0208. The Morgan fingerprint density at radius 3 is 2.82 bits per heavy atom. The van der Waals surface area contributed by atoms with Gasteiger partial charge in [-0.15, -0.1) is 0 Å². The highest BCUT2D eigenvalue weighted by atomic mass is 16.2. The van der Waals surface area contributed by atoms with E-state index in [-0.39, 0.29) is 17.7 Å². The Bertz CT molecular complexity index is 703. The van der Waals surface area contributed by atoms with Gasteiger partial charge < -0.3 is 15.1 Å². The molecule has 2 amide bonds. The molecular formula is C23H35N3O2. The molecule has 1 aromatic carbocycles. The number of carbonyl (C=O) groups is 2. The number of aryl methyl sites for hydroxylation is 1. The zero-order valence-electron chi connectivity index (χ0n) is 17.7. The topological polar surface area (TPSA) is 52.7 Å². The van der Waals surface area contributed by atoms with Gasteiger partial charge in [-0.05, 0) is 76.7 Å². The van der Waals surface area contributed by atoms with Crippen molar-refractivity contribution in [3.05, 3.63) is 29.3 Å². The molecule has 1 aromatic rings. The summed E-state index contributed by atoms with van der Waals surface area (Å²) in [5, 5.41) is 3.06. The Hall–Kier alpha value is -1.88. The third-order valence-electron chi connectivity index (χ3n) is 6.47. The van der Waals surface area contributed by atoms with Crippen molar-refractivity contribution in [2.45, 2.75) is 65.3 Å². The fraction of sp³-hybridized carbons (Fsp3) is 0.652. The summed E-state index contributed by atoms with van der Waals surface area (Å²) in [6.07, 6.45) is 6.40. The van der Waals surface area contributed by atoms with E-state index in [1.807, 2.05) is 32.0 Å². The molecule has 0 saturated carbocycles. The Labute approximate surface area is 169 Å². The minimum Gasteiger partial charge on any atom is -0.356 e. The Morgan fingerprint density at radius 2 is 2.04 bits per heavy atom. The lowest BCUT2D eigenvalue weighted by atomic mass is 10.0. The number of nitrogens with zero attached hydrogens (tertiary/aromatic N) is 2. The van der Waals surface area contributed by atoms with Crippen LogP contribution in [0.4, 0.5) is 5.69 Å². The molecule has 3 rings (SSSR count). The molecule has 0 spiro atoms. The molecule has 1 N–H and O–H groups in total. The molecule has 2 heterocycles. The van der Waals surface area contributed by atoms with Gasteiger partial charge in [0, 0.05) is 31.2 Å². The lowest BCUT2D eigenvalue weighted by molar-refractivity contribution is -0.126. The molecular weight excluding hydrogens is 350 g/mol. The van der Waals surface area contributed by atoms with E-state index < -0.39 is 0 Å². The molecule has 5 heteroatoms. The van der Waals surface area contributed by atoms with Crippen LogP contribution in [0.2, 0.25) is 0 Å². The van der Waals surface area contributed by atoms with Crippen LogP contribution < -0.4 is 10.2 Å². The highest BCUT2D eigenvalue weighted by Crippen LogP contribution is 2.29. The predicted octanol–water partition coefficient (Wildman–Crippen LogP) is 3.43. The summed E-state index contributed by atoms with van der Waals surface area (Å²) in [4.78, 5) is 29.4. The molecule has 2 aliphatic rings. The molecule has 5 nitrogen and oxygen atoms in total. The van der Waals surface area contributed by atoms with E-state index in [2.05, 4.69) is 17.1 Å². The van der Waals surface area contributed by atoms with Gasteiger partial charge in [0.05, 0.1) is 5.92 Å². The van der Waals surface area contributed by atoms with Gasteiger partial charge in [-0.1, -0.05) is 18.6 Å². The van der Waals surface area contributed by atoms with Crippen LogP contribution in [0.1, 0.15) is 56.6 Å².